The molecule has 8 heteroatoms. The van der Waals surface area contributed by atoms with Gasteiger partial charge in [-0.25, -0.2) is 13.4 Å². The Morgan fingerprint density at radius 1 is 1.12 bits per heavy atom. The molecule has 1 amide bonds. The second-order valence-electron chi connectivity index (χ2n) is 5.36. The minimum absolute atomic E-state index is 0.190. The van der Waals surface area contributed by atoms with Crippen molar-refractivity contribution in [2.75, 3.05) is 25.0 Å². The van der Waals surface area contributed by atoms with Crippen LogP contribution in [-0.4, -0.2) is 43.3 Å². The minimum Gasteiger partial charge on any atom is -0.477 e. The van der Waals surface area contributed by atoms with E-state index in [9.17, 15) is 13.2 Å². The Kier molecular flexibility index (Phi) is 6.70. The molecule has 7 nitrogen and oxygen atoms in total. The van der Waals surface area contributed by atoms with E-state index in [0.717, 1.165) is 0 Å². The van der Waals surface area contributed by atoms with E-state index in [-0.39, 0.29) is 16.7 Å². The molecule has 1 N–H and O–H groups in total. The highest BCUT2D eigenvalue weighted by atomic mass is 32.2. The van der Waals surface area contributed by atoms with E-state index >= 15 is 0 Å². The van der Waals surface area contributed by atoms with Gasteiger partial charge in [-0.3, -0.25) is 4.79 Å². The number of ether oxygens (including phenoxy) is 1. The highest BCUT2D eigenvalue weighted by Crippen LogP contribution is 2.20. The molecule has 2 aromatic rings. The van der Waals surface area contributed by atoms with Crippen LogP contribution in [0.5, 0.6) is 5.88 Å². The third kappa shape index (κ3) is 4.39. The maximum Gasteiger partial charge on any atom is 0.261 e. The molecule has 0 saturated carbocycles. The SMILES string of the molecule is CCOc1ncccc1C(=O)Nc1ccc(S(=O)(=O)N(CC)CC)cc1. The molecule has 2 rings (SSSR count). The number of sulfonamides is 1. The van der Waals surface area contributed by atoms with Crippen LogP contribution in [0.4, 0.5) is 5.69 Å². The van der Waals surface area contributed by atoms with Crippen LogP contribution in [0.1, 0.15) is 31.1 Å². The number of rotatable bonds is 8. The molecule has 0 fully saturated rings. The topological polar surface area (TPSA) is 88.6 Å². The summed E-state index contributed by atoms with van der Waals surface area (Å²) < 4.78 is 31.7. The predicted molar refractivity (Wildman–Crippen MR) is 99.9 cm³/mol. The number of nitrogens with zero attached hydrogens (tertiary/aromatic N) is 2. The summed E-state index contributed by atoms with van der Waals surface area (Å²) >= 11 is 0. The molecule has 0 aliphatic carbocycles. The molecule has 1 aromatic carbocycles. The lowest BCUT2D eigenvalue weighted by Gasteiger charge is -2.18. The molecule has 1 heterocycles. The molecular weight excluding hydrogens is 354 g/mol. The van der Waals surface area contributed by atoms with Crippen LogP contribution < -0.4 is 10.1 Å². The highest BCUT2D eigenvalue weighted by Gasteiger charge is 2.21. The van der Waals surface area contributed by atoms with Gasteiger partial charge in [0.15, 0.2) is 0 Å². The van der Waals surface area contributed by atoms with E-state index in [1.54, 1.807) is 44.3 Å². The molecule has 0 saturated heterocycles. The number of carbonyl (C=O) groups excluding carboxylic acids is 1. The van der Waals surface area contributed by atoms with Crippen LogP contribution in [0, 0.1) is 0 Å². The molecule has 26 heavy (non-hydrogen) atoms. The van der Waals surface area contributed by atoms with Crippen LogP contribution in [0.3, 0.4) is 0 Å². The van der Waals surface area contributed by atoms with Gasteiger partial charge in [0.1, 0.15) is 5.56 Å². The van der Waals surface area contributed by atoms with Crippen LogP contribution >= 0.6 is 0 Å². The Morgan fingerprint density at radius 2 is 1.77 bits per heavy atom. The summed E-state index contributed by atoms with van der Waals surface area (Å²) in [5.41, 5.74) is 0.800. The summed E-state index contributed by atoms with van der Waals surface area (Å²) in [6, 6.07) is 9.35. The number of anilines is 1. The van der Waals surface area contributed by atoms with Gasteiger partial charge in [0.05, 0.1) is 11.5 Å². The van der Waals surface area contributed by atoms with Crippen molar-refractivity contribution in [2.45, 2.75) is 25.7 Å². The van der Waals surface area contributed by atoms with Gasteiger partial charge in [0.2, 0.25) is 15.9 Å². The third-order valence-electron chi connectivity index (χ3n) is 3.75. The summed E-state index contributed by atoms with van der Waals surface area (Å²) in [6.07, 6.45) is 1.55. The first-order valence-corrected chi connectivity index (χ1v) is 9.87. The zero-order chi connectivity index (χ0) is 19.2. The fourth-order valence-electron chi connectivity index (χ4n) is 2.44. The lowest BCUT2D eigenvalue weighted by Crippen LogP contribution is -2.30. The van der Waals surface area contributed by atoms with Crippen molar-refractivity contribution >= 4 is 21.6 Å². The van der Waals surface area contributed by atoms with Gasteiger partial charge < -0.3 is 10.1 Å². The van der Waals surface area contributed by atoms with Crippen LogP contribution in [0.25, 0.3) is 0 Å². The van der Waals surface area contributed by atoms with Crippen LogP contribution in [0.15, 0.2) is 47.5 Å². The highest BCUT2D eigenvalue weighted by molar-refractivity contribution is 7.89. The monoisotopic (exact) mass is 377 g/mol. The summed E-state index contributed by atoms with van der Waals surface area (Å²) in [7, 11) is -3.52. The van der Waals surface area contributed by atoms with Gasteiger partial charge in [0, 0.05) is 25.0 Å². The average Bonchev–Trinajstić information content (AvgIpc) is 2.63. The quantitative estimate of drug-likeness (QED) is 0.764. The Balaban J connectivity index is 2.19. The number of hydrogen-bond acceptors (Lipinski definition) is 5. The minimum atomic E-state index is -3.52. The number of aromatic nitrogens is 1. The molecule has 0 aliphatic rings. The molecule has 0 unspecified atom stereocenters. The van der Waals surface area contributed by atoms with Crippen molar-refractivity contribution in [3.63, 3.8) is 0 Å². The largest absolute Gasteiger partial charge is 0.477 e. The first-order valence-electron chi connectivity index (χ1n) is 8.43. The smallest absolute Gasteiger partial charge is 0.261 e. The Labute approximate surface area is 154 Å². The molecule has 0 aliphatic heterocycles. The standard InChI is InChI=1S/C18H23N3O4S/c1-4-21(5-2)26(23,24)15-11-9-14(10-12-15)20-17(22)16-8-7-13-19-18(16)25-6-3/h7-13H,4-6H2,1-3H3,(H,20,22). The fourth-order valence-corrected chi connectivity index (χ4v) is 3.89. The summed E-state index contributed by atoms with van der Waals surface area (Å²) in [5, 5.41) is 2.73. The van der Waals surface area contributed by atoms with E-state index in [0.29, 0.717) is 30.9 Å². The lowest BCUT2D eigenvalue weighted by molar-refractivity contribution is 0.102. The number of hydrogen-bond donors (Lipinski definition) is 1. The zero-order valence-corrected chi connectivity index (χ0v) is 15.9. The Hall–Kier alpha value is -2.45. The molecule has 0 spiro atoms. The second kappa shape index (κ2) is 8.77. The van der Waals surface area contributed by atoms with Crippen LogP contribution in [0.2, 0.25) is 0 Å². The van der Waals surface area contributed by atoms with Crippen LogP contribution in [-0.2, 0) is 10.0 Å². The van der Waals surface area contributed by atoms with Gasteiger partial charge in [0.25, 0.3) is 5.91 Å². The van der Waals surface area contributed by atoms with Gasteiger partial charge in [-0.2, -0.15) is 4.31 Å². The van der Waals surface area contributed by atoms with Crippen molar-refractivity contribution in [2.24, 2.45) is 0 Å². The molecule has 0 radical (unpaired) electrons. The lowest BCUT2D eigenvalue weighted by atomic mass is 10.2. The number of carbonyl (C=O) groups is 1. The Bertz CT molecular complexity index is 847. The fraction of sp³-hybridized carbons (Fsp3) is 0.333. The maximum atomic E-state index is 12.5. The maximum absolute atomic E-state index is 12.5. The van der Waals surface area contributed by atoms with Gasteiger partial charge >= 0.3 is 0 Å². The van der Waals surface area contributed by atoms with Crippen molar-refractivity contribution < 1.29 is 17.9 Å². The van der Waals surface area contributed by atoms with E-state index in [2.05, 4.69) is 10.3 Å². The molecule has 1 aromatic heterocycles. The average molecular weight is 377 g/mol. The second-order valence-corrected chi connectivity index (χ2v) is 7.29. The zero-order valence-electron chi connectivity index (χ0n) is 15.1. The Morgan fingerprint density at radius 3 is 2.35 bits per heavy atom. The van der Waals surface area contributed by atoms with E-state index in [4.69, 9.17) is 4.74 Å². The van der Waals surface area contributed by atoms with Gasteiger partial charge in [-0.05, 0) is 43.3 Å². The van der Waals surface area contributed by atoms with Gasteiger partial charge in [-0.1, -0.05) is 13.8 Å². The first-order chi connectivity index (χ1) is 12.4. The predicted octanol–water partition coefficient (Wildman–Crippen LogP) is 2.76. The van der Waals surface area contributed by atoms with Gasteiger partial charge in [-0.15, -0.1) is 0 Å². The first kappa shape index (κ1) is 19.9. The van der Waals surface area contributed by atoms with Crippen molar-refractivity contribution in [3.05, 3.63) is 48.2 Å². The molecule has 0 bridgehead atoms. The van der Waals surface area contributed by atoms with E-state index in [1.165, 1.54) is 16.4 Å². The number of nitrogens with one attached hydrogen (secondary N) is 1. The summed E-state index contributed by atoms with van der Waals surface area (Å²) in [6.45, 7) is 6.59. The molecular formula is C18H23N3O4S. The number of pyridine rings is 1. The van der Waals surface area contributed by atoms with Crippen molar-refractivity contribution in [1.29, 1.82) is 0 Å². The number of amides is 1. The third-order valence-corrected chi connectivity index (χ3v) is 5.82. The van der Waals surface area contributed by atoms with E-state index < -0.39 is 10.0 Å². The normalized spacial score (nSPS) is 11.4. The summed E-state index contributed by atoms with van der Waals surface area (Å²) in [5.74, 6) is -0.117. The molecule has 0 atom stereocenters. The molecule has 140 valence electrons. The van der Waals surface area contributed by atoms with Crippen molar-refractivity contribution in [1.82, 2.24) is 9.29 Å². The van der Waals surface area contributed by atoms with Crippen molar-refractivity contribution in [3.8, 4) is 5.88 Å². The number of benzene rings is 1. The summed E-state index contributed by atoms with van der Waals surface area (Å²) in [4.78, 5) is 16.7. The van der Waals surface area contributed by atoms with E-state index in [1.807, 2.05) is 6.92 Å².